The zero-order valence-electron chi connectivity index (χ0n) is 25.9. The van der Waals surface area contributed by atoms with E-state index in [0.29, 0.717) is 0 Å². The zero-order chi connectivity index (χ0) is 31.2. The van der Waals surface area contributed by atoms with E-state index < -0.39 is 0 Å². The Morgan fingerprint density at radius 2 is 1.09 bits per heavy atom. The minimum atomic E-state index is 0.117. The van der Waals surface area contributed by atoms with Gasteiger partial charge in [-0.1, -0.05) is 158 Å². The molecular formula is C45H32N2. The van der Waals surface area contributed by atoms with Crippen LogP contribution in [0.15, 0.2) is 176 Å². The van der Waals surface area contributed by atoms with Gasteiger partial charge in [0.05, 0.1) is 11.2 Å². The van der Waals surface area contributed by atoms with E-state index in [9.17, 15) is 0 Å². The predicted octanol–water partition coefficient (Wildman–Crippen LogP) is 11.4. The van der Waals surface area contributed by atoms with Crippen LogP contribution in [-0.4, -0.2) is 9.55 Å². The fourth-order valence-corrected chi connectivity index (χ4v) is 7.51. The lowest BCUT2D eigenvalue weighted by Crippen LogP contribution is -2.17. The van der Waals surface area contributed by atoms with Crippen molar-refractivity contribution in [1.82, 2.24) is 9.55 Å². The lowest BCUT2D eigenvalue weighted by molar-refractivity contribution is 0.743. The first-order valence-electron chi connectivity index (χ1n) is 16.3. The molecule has 222 valence electrons. The van der Waals surface area contributed by atoms with Crippen LogP contribution in [0.5, 0.6) is 0 Å². The van der Waals surface area contributed by atoms with Crippen LogP contribution >= 0.6 is 0 Å². The summed E-state index contributed by atoms with van der Waals surface area (Å²) in [4.78, 5) is 5.48. The Labute approximate surface area is 275 Å². The van der Waals surface area contributed by atoms with Crippen molar-refractivity contribution in [3.63, 3.8) is 0 Å². The quantitative estimate of drug-likeness (QED) is 0.192. The van der Waals surface area contributed by atoms with Gasteiger partial charge in [0.1, 0.15) is 5.82 Å². The maximum absolute atomic E-state index is 5.48. The molecule has 0 aliphatic heterocycles. The van der Waals surface area contributed by atoms with Crippen molar-refractivity contribution in [3.05, 3.63) is 193 Å². The topological polar surface area (TPSA) is 17.8 Å². The highest BCUT2D eigenvalue weighted by Crippen LogP contribution is 2.49. The van der Waals surface area contributed by atoms with Crippen molar-refractivity contribution in [1.29, 1.82) is 0 Å². The monoisotopic (exact) mass is 600 g/mol. The highest BCUT2D eigenvalue weighted by atomic mass is 15.1. The molecule has 2 heteroatoms. The molecule has 9 rings (SSSR count). The van der Waals surface area contributed by atoms with Gasteiger partial charge in [0.2, 0.25) is 0 Å². The largest absolute Gasteiger partial charge is 0.297 e. The molecule has 1 aliphatic rings. The van der Waals surface area contributed by atoms with Gasteiger partial charge < -0.3 is 0 Å². The maximum atomic E-state index is 5.48. The van der Waals surface area contributed by atoms with Crippen molar-refractivity contribution in [2.24, 2.45) is 0 Å². The average molecular weight is 601 g/mol. The van der Waals surface area contributed by atoms with Crippen LogP contribution in [0.1, 0.15) is 22.7 Å². The smallest absolute Gasteiger partial charge is 0.138 e. The number of hydrogen-bond acceptors (Lipinski definition) is 1. The normalized spacial score (nSPS) is 13.7. The number of pyridine rings is 1. The minimum Gasteiger partial charge on any atom is -0.297 e. The summed E-state index contributed by atoms with van der Waals surface area (Å²) in [6.07, 6.45) is 0.910. The number of hydrogen-bond donors (Lipinski definition) is 0. The summed E-state index contributed by atoms with van der Waals surface area (Å²) in [6.45, 7) is 0. The number of rotatable bonds is 5. The molecule has 2 aromatic heterocycles. The van der Waals surface area contributed by atoms with E-state index in [2.05, 4.69) is 180 Å². The number of para-hydroxylation sites is 1. The Bertz CT molecular complexity index is 2310. The van der Waals surface area contributed by atoms with E-state index in [1.54, 1.807) is 0 Å². The van der Waals surface area contributed by atoms with Crippen LogP contribution in [0.4, 0.5) is 0 Å². The second-order valence-corrected chi connectivity index (χ2v) is 12.3. The first kappa shape index (κ1) is 27.3. The summed E-state index contributed by atoms with van der Waals surface area (Å²) in [5, 5.41) is 1.23. The van der Waals surface area contributed by atoms with Crippen molar-refractivity contribution < 1.29 is 0 Å². The molecule has 47 heavy (non-hydrogen) atoms. The highest BCUT2D eigenvalue weighted by Gasteiger charge is 2.32. The van der Waals surface area contributed by atoms with Gasteiger partial charge in [-0.2, -0.15) is 0 Å². The number of aromatic nitrogens is 2. The third kappa shape index (κ3) is 4.69. The molecule has 1 aliphatic carbocycles. The third-order valence-electron chi connectivity index (χ3n) is 9.59. The Morgan fingerprint density at radius 1 is 0.489 bits per heavy atom. The molecule has 0 N–H and O–H groups in total. The Kier molecular flexibility index (Phi) is 6.64. The molecule has 0 bridgehead atoms. The van der Waals surface area contributed by atoms with Gasteiger partial charge in [-0.3, -0.25) is 4.57 Å². The fraction of sp³-hybridized carbons (Fsp3) is 0.0444. The molecular weight excluding hydrogens is 569 g/mol. The second kappa shape index (κ2) is 11.4. The van der Waals surface area contributed by atoms with Crippen LogP contribution in [0.25, 0.3) is 61.4 Å². The zero-order valence-corrected chi connectivity index (χ0v) is 25.9. The SMILES string of the molecule is c1ccc(-c2cc(-c3ccccc3)nc(-n3c(C4Cc5ccccc5-c5ccccc54)c(-c4ccccc4)c4ccccc43)c2)cc1. The number of benzene rings is 6. The molecule has 0 radical (unpaired) electrons. The molecule has 0 spiro atoms. The van der Waals surface area contributed by atoms with E-state index in [1.807, 2.05) is 0 Å². The molecule has 0 saturated heterocycles. The molecule has 1 unspecified atom stereocenters. The fourth-order valence-electron chi connectivity index (χ4n) is 7.51. The van der Waals surface area contributed by atoms with Gasteiger partial charge in [-0.15, -0.1) is 0 Å². The predicted molar refractivity (Wildman–Crippen MR) is 195 cm³/mol. The summed E-state index contributed by atoms with van der Waals surface area (Å²) in [5.74, 6) is 1.04. The van der Waals surface area contributed by atoms with Crippen LogP contribution < -0.4 is 0 Å². The molecule has 6 aromatic carbocycles. The minimum absolute atomic E-state index is 0.117. The van der Waals surface area contributed by atoms with Gasteiger partial charge in [-0.05, 0) is 63.6 Å². The average Bonchev–Trinajstić information content (AvgIpc) is 3.50. The maximum Gasteiger partial charge on any atom is 0.138 e. The molecule has 1 atom stereocenters. The van der Waals surface area contributed by atoms with Crippen LogP contribution in [0.3, 0.4) is 0 Å². The van der Waals surface area contributed by atoms with Gasteiger partial charge in [0.15, 0.2) is 0 Å². The number of fused-ring (bicyclic) bond motifs is 4. The molecule has 0 saturated carbocycles. The first-order valence-corrected chi connectivity index (χ1v) is 16.3. The molecule has 8 aromatic rings. The Morgan fingerprint density at radius 3 is 1.85 bits per heavy atom. The van der Waals surface area contributed by atoms with Crippen molar-refractivity contribution in [2.45, 2.75) is 12.3 Å². The molecule has 2 nitrogen and oxygen atoms in total. The molecule has 2 heterocycles. The summed E-state index contributed by atoms with van der Waals surface area (Å²) < 4.78 is 2.46. The van der Waals surface area contributed by atoms with Crippen molar-refractivity contribution in [2.75, 3.05) is 0 Å². The van der Waals surface area contributed by atoms with Gasteiger partial charge in [0, 0.05) is 28.1 Å². The van der Waals surface area contributed by atoms with Gasteiger partial charge in [0.25, 0.3) is 0 Å². The summed E-state index contributed by atoms with van der Waals surface area (Å²) in [6, 6.07) is 63.4. The number of nitrogens with zero attached hydrogens (tertiary/aromatic N) is 2. The van der Waals surface area contributed by atoms with E-state index >= 15 is 0 Å². The second-order valence-electron chi connectivity index (χ2n) is 12.3. The van der Waals surface area contributed by atoms with E-state index in [1.165, 1.54) is 50.0 Å². The first-order chi connectivity index (χ1) is 23.3. The van der Waals surface area contributed by atoms with Gasteiger partial charge in [-0.25, -0.2) is 4.98 Å². The lowest BCUT2D eigenvalue weighted by Gasteiger charge is -2.30. The van der Waals surface area contributed by atoms with Gasteiger partial charge >= 0.3 is 0 Å². The lowest BCUT2D eigenvalue weighted by atomic mass is 9.76. The van der Waals surface area contributed by atoms with E-state index in [-0.39, 0.29) is 5.92 Å². The molecule has 0 amide bonds. The van der Waals surface area contributed by atoms with Crippen LogP contribution in [0, 0.1) is 0 Å². The van der Waals surface area contributed by atoms with E-state index in [4.69, 9.17) is 4.98 Å². The third-order valence-corrected chi connectivity index (χ3v) is 9.59. The van der Waals surface area contributed by atoms with Crippen molar-refractivity contribution >= 4 is 10.9 Å². The van der Waals surface area contributed by atoms with Crippen LogP contribution in [0.2, 0.25) is 0 Å². The summed E-state index contributed by atoms with van der Waals surface area (Å²) in [5.41, 5.74) is 14.7. The molecule has 0 fully saturated rings. The van der Waals surface area contributed by atoms with Crippen molar-refractivity contribution in [3.8, 4) is 50.5 Å². The summed E-state index contributed by atoms with van der Waals surface area (Å²) in [7, 11) is 0. The highest BCUT2D eigenvalue weighted by molar-refractivity contribution is 6.00. The van der Waals surface area contributed by atoms with Crippen LogP contribution in [-0.2, 0) is 6.42 Å². The summed E-state index contributed by atoms with van der Waals surface area (Å²) >= 11 is 0. The Hall–Kier alpha value is -5.99. The van der Waals surface area contributed by atoms with E-state index in [0.717, 1.165) is 34.6 Å². The standard InChI is InChI=1S/C45H32N2/c1-4-16-31(17-5-1)35-29-41(32-18-6-2-7-19-32)46-43(30-35)47-42-27-15-14-26-39(42)44(33-20-8-3-9-21-33)45(47)40-28-34-22-10-11-23-36(34)37-24-12-13-25-38(37)40/h1-27,29-30,40H,28H2. The Balaban J connectivity index is 1.40.